The van der Waals surface area contributed by atoms with Gasteiger partial charge < -0.3 is 5.73 Å². The maximum absolute atomic E-state index is 11.7. The highest BCUT2D eigenvalue weighted by Crippen LogP contribution is 2.30. The van der Waals surface area contributed by atoms with Gasteiger partial charge in [-0.25, -0.2) is 4.98 Å². The Balaban J connectivity index is 1.89. The number of nitrogens with zero attached hydrogens (tertiary/aromatic N) is 1. The molecule has 7 heteroatoms. The van der Waals surface area contributed by atoms with Crippen molar-refractivity contribution in [2.75, 3.05) is 0 Å². The summed E-state index contributed by atoms with van der Waals surface area (Å²) >= 11 is 24.4. The molecule has 0 unspecified atom stereocenters. The summed E-state index contributed by atoms with van der Waals surface area (Å²) in [5, 5.41) is 1.97. The fourth-order valence-electron chi connectivity index (χ4n) is 2.94. The first kappa shape index (κ1) is 20.9. The molecule has 2 aromatic carbocycles. The van der Waals surface area contributed by atoms with E-state index in [1.165, 1.54) is 0 Å². The van der Waals surface area contributed by atoms with Gasteiger partial charge in [-0.05, 0) is 60.7 Å². The number of primary amides is 1. The molecule has 0 saturated carbocycles. The van der Waals surface area contributed by atoms with Crippen molar-refractivity contribution < 1.29 is 4.79 Å². The molecule has 1 aromatic heterocycles. The number of nitrogens with two attached hydrogens (primary N) is 1. The SMILES string of the molecule is NC(=O)c1cc(-c2ccc(Cl)cc2)c(CCCc2ccc(Cl)cc2Cl)nc1Cl. The maximum Gasteiger partial charge on any atom is 0.251 e. The second kappa shape index (κ2) is 9.15. The molecule has 0 fully saturated rings. The minimum absolute atomic E-state index is 0.102. The van der Waals surface area contributed by atoms with E-state index < -0.39 is 5.91 Å². The number of halogens is 4. The van der Waals surface area contributed by atoms with Crippen LogP contribution in [0.25, 0.3) is 11.1 Å². The summed E-state index contributed by atoms with van der Waals surface area (Å²) in [6, 6.07) is 14.5. The smallest absolute Gasteiger partial charge is 0.251 e. The van der Waals surface area contributed by atoms with Crippen molar-refractivity contribution in [3.8, 4) is 11.1 Å². The molecule has 0 aliphatic rings. The zero-order chi connectivity index (χ0) is 20.3. The third-order valence-corrected chi connectivity index (χ3v) is 5.48. The highest BCUT2D eigenvalue weighted by Gasteiger charge is 2.16. The van der Waals surface area contributed by atoms with Crippen LogP contribution >= 0.6 is 46.4 Å². The van der Waals surface area contributed by atoms with Gasteiger partial charge in [0.1, 0.15) is 5.15 Å². The Morgan fingerprint density at radius 1 is 0.893 bits per heavy atom. The Labute approximate surface area is 183 Å². The molecule has 28 heavy (non-hydrogen) atoms. The third-order valence-electron chi connectivity index (χ3n) is 4.35. The molecular formula is C21H16Cl4N2O. The van der Waals surface area contributed by atoms with Crippen molar-refractivity contribution in [2.24, 2.45) is 5.73 Å². The molecule has 0 saturated heterocycles. The van der Waals surface area contributed by atoms with Gasteiger partial charge in [0.15, 0.2) is 0 Å². The first-order valence-corrected chi connectivity index (χ1v) is 10.1. The van der Waals surface area contributed by atoms with Crippen LogP contribution in [0.4, 0.5) is 0 Å². The Hall–Kier alpha value is -1.78. The average Bonchev–Trinajstić information content (AvgIpc) is 2.64. The number of carbonyl (C=O) groups excluding carboxylic acids is 1. The van der Waals surface area contributed by atoms with Gasteiger partial charge in [0.05, 0.1) is 11.3 Å². The van der Waals surface area contributed by atoms with Crippen molar-refractivity contribution >= 4 is 52.3 Å². The molecule has 0 aliphatic heterocycles. The molecule has 0 aliphatic carbocycles. The molecule has 3 nitrogen and oxygen atoms in total. The largest absolute Gasteiger partial charge is 0.366 e. The van der Waals surface area contributed by atoms with Crippen LogP contribution < -0.4 is 5.73 Å². The topological polar surface area (TPSA) is 56.0 Å². The molecule has 144 valence electrons. The van der Waals surface area contributed by atoms with E-state index in [1.54, 1.807) is 24.3 Å². The predicted octanol–water partition coefficient (Wildman–Crippen LogP) is 6.64. The standard InChI is InChI=1S/C21H16Cl4N2O/c22-14-7-4-12(5-8-14)16-11-17(21(26)28)20(25)27-19(16)3-1-2-13-6-9-15(23)10-18(13)24/h4-11H,1-3H2,(H2,26,28). The van der Waals surface area contributed by atoms with Crippen molar-refractivity contribution in [3.05, 3.63) is 85.6 Å². The van der Waals surface area contributed by atoms with Crippen molar-refractivity contribution in [2.45, 2.75) is 19.3 Å². The summed E-state index contributed by atoms with van der Waals surface area (Å²) in [6.07, 6.45) is 2.20. The van der Waals surface area contributed by atoms with Gasteiger partial charge in [0.25, 0.3) is 5.91 Å². The lowest BCUT2D eigenvalue weighted by molar-refractivity contribution is 0.1000. The molecule has 1 heterocycles. The first-order valence-electron chi connectivity index (χ1n) is 8.54. The first-order chi connectivity index (χ1) is 13.3. The summed E-state index contributed by atoms with van der Waals surface area (Å²) in [6.45, 7) is 0. The van der Waals surface area contributed by atoms with Crippen molar-refractivity contribution in [1.82, 2.24) is 4.98 Å². The average molecular weight is 454 g/mol. The van der Waals surface area contributed by atoms with E-state index in [2.05, 4.69) is 4.98 Å². The van der Waals surface area contributed by atoms with E-state index in [9.17, 15) is 4.79 Å². The normalized spacial score (nSPS) is 10.9. The zero-order valence-electron chi connectivity index (χ0n) is 14.7. The molecule has 3 rings (SSSR count). The highest BCUT2D eigenvalue weighted by atomic mass is 35.5. The number of aromatic nitrogens is 1. The Morgan fingerprint density at radius 2 is 1.57 bits per heavy atom. The van der Waals surface area contributed by atoms with Gasteiger partial charge >= 0.3 is 0 Å². The van der Waals surface area contributed by atoms with Crippen LogP contribution in [0.3, 0.4) is 0 Å². The van der Waals surface area contributed by atoms with Crippen LogP contribution in [0.5, 0.6) is 0 Å². The van der Waals surface area contributed by atoms with Gasteiger partial charge in [-0.15, -0.1) is 0 Å². The van der Waals surface area contributed by atoms with Gasteiger partial charge in [0.2, 0.25) is 0 Å². The van der Waals surface area contributed by atoms with Gasteiger partial charge in [-0.1, -0.05) is 64.6 Å². The second-order valence-electron chi connectivity index (χ2n) is 6.28. The highest BCUT2D eigenvalue weighted by molar-refractivity contribution is 6.35. The molecule has 1 amide bonds. The molecule has 0 bridgehead atoms. The molecule has 0 radical (unpaired) electrons. The van der Waals surface area contributed by atoms with E-state index >= 15 is 0 Å². The third kappa shape index (κ3) is 4.98. The molecule has 0 spiro atoms. The van der Waals surface area contributed by atoms with Crippen molar-refractivity contribution in [3.63, 3.8) is 0 Å². The fourth-order valence-corrected chi connectivity index (χ4v) is 3.82. The van der Waals surface area contributed by atoms with Crippen LogP contribution in [0, 0.1) is 0 Å². The second-order valence-corrected chi connectivity index (χ2v) is 7.92. The zero-order valence-corrected chi connectivity index (χ0v) is 17.7. The molecule has 3 aromatic rings. The van der Waals surface area contributed by atoms with E-state index in [-0.39, 0.29) is 10.7 Å². The monoisotopic (exact) mass is 452 g/mol. The van der Waals surface area contributed by atoms with Crippen LogP contribution in [0.1, 0.15) is 28.0 Å². The predicted molar refractivity (Wildman–Crippen MR) is 117 cm³/mol. The van der Waals surface area contributed by atoms with Gasteiger partial charge in [-0.3, -0.25) is 4.79 Å². The summed E-state index contributed by atoms with van der Waals surface area (Å²) in [7, 11) is 0. The van der Waals surface area contributed by atoms with Gasteiger partial charge in [0, 0.05) is 20.6 Å². The molecule has 0 atom stereocenters. The Morgan fingerprint density at radius 3 is 2.21 bits per heavy atom. The number of carbonyl (C=O) groups is 1. The minimum Gasteiger partial charge on any atom is -0.366 e. The van der Waals surface area contributed by atoms with Crippen LogP contribution in [-0.4, -0.2) is 10.9 Å². The number of amides is 1. The molecular weight excluding hydrogens is 438 g/mol. The lowest BCUT2D eigenvalue weighted by Crippen LogP contribution is -2.13. The number of pyridine rings is 1. The number of benzene rings is 2. The summed E-state index contributed by atoms with van der Waals surface area (Å²) in [4.78, 5) is 16.1. The lowest BCUT2D eigenvalue weighted by atomic mass is 9.98. The van der Waals surface area contributed by atoms with E-state index in [4.69, 9.17) is 52.1 Å². The lowest BCUT2D eigenvalue weighted by Gasteiger charge is -2.12. The molecule has 2 N–H and O–H groups in total. The Bertz CT molecular complexity index is 1020. The fraction of sp³-hybridized carbons (Fsp3) is 0.143. The quantitative estimate of drug-likeness (QED) is 0.425. The number of hydrogen-bond acceptors (Lipinski definition) is 2. The van der Waals surface area contributed by atoms with Crippen LogP contribution in [0.2, 0.25) is 20.2 Å². The number of rotatable bonds is 6. The van der Waals surface area contributed by atoms with Gasteiger partial charge in [-0.2, -0.15) is 0 Å². The number of hydrogen-bond donors (Lipinski definition) is 1. The number of aryl methyl sites for hydroxylation is 2. The van der Waals surface area contributed by atoms with Crippen LogP contribution in [0.15, 0.2) is 48.5 Å². The Kier molecular flexibility index (Phi) is 6.84. The summed E-state index contributed by atoms with van der Waals surface area (Å²) in [5.74, 6) is -0.618. The summed E-state index contributed by atoms with van der Waals surface area (Å²) < 4.78 is 0. The minimum atomic E-state index is -0.618. The van der Waals surface area contributed by atoms with E-state index in [0.29, 0.717) is 21.5 Å². The van der Waals surface area contributed by atoms with E-state index in [0.717, 1.165) is 35.2 Å². The van der Waals surface area contributed by atoms with E-state index in [1.807, 2.05) is 24.3 Å². The van der Waals surface area contributed by atoms with Crippen LogP contribution in [-0.2, 0) is 12.8 Å². The van der Waals surface area contributed by atoms with Crippen molar-refractivity contribution in [1.29, 1.82) is 0 Å². The summed E-state index contributed by atoms with van der Waals surface area (Å²) in [5.41, 5.74) is 9.10. The maximum atomic E-state index is 11.7.